The third-order valence-corrected chi connectivity index (χ3v) is 5.56. The van der Waals surface area contributed by atoms with E-state index in [-0.39, 0.29) is 13.2 Å². The average molecular weight is 445 g/mol. The van der Waals surface area contributed by atoms with E-state index in [0.717, 1.165) is 32.7 Å². The van der Waals surface area contributed by atoms with Crippen molar-refractivity contribution in [1.82, 2.24) is 0 Å². The molecule has 0 unspecified atom stereocenters. The first-order chi connectivity index (χ1) is 15.6. The van der Waals surface area contributed by atoms with Gasteiger partial charge in [-0.15, -0.1) is 11.8 Å². The number of aliphatic hydroxyl groups excluding tert-OH is 1. The van der Waals surface area contributed by atoms with Crippen LogP contribution in [0.2, 0.25) is 0 Å². The number of hydrogen-bond acceptors (Lipinski definition) is 4. The molecule has 0 saturated heterocycles. The number of aliphatic carboxylic acids is 1. The summed E-state index contributed by atoms with van der Waals surface area (Å²) in [5.41, 5.74) is 5.05. The summed E-state index contributed by atoms with van der Waals surface area (Å²) in [4.78, 5) is 11.7. The second kappa shape index (κ2) is 11.8. The van der Waals surface area contributed by atoms with E-state index < -0.39 is 5.97 Å². The first kappa shape index (κ1) is 23.2. The molecule has 0 fully saturated rings. The van der Waals surface area contributed by atoms with Crippen LogP contribution in [-0.4, -0.2) is 35.1 Å². The lowest BCUT2D eigenvalue weighted by atomic mass is 10.0. The number of hydrogen-bond donors (Lipinski definition) is 2. The quantitative estimate of drug-likeness (QED) is 0.365. The van der Waals surface area contributed by atoms with E-state index in [1.54, 1.807) is 17.8 Å². The first-order valence-corrected chi connectivity index (χ1v) is 11.1. The Morgan fingerprint density at radius 3 is 2.41 bits per heavy atom. The Morgan fingerprint density at radius 2 is 1.75 bits per heavy atom. The van der Waals surface area contributed by atoms with Gasteiger partial charge >= 0.3 is 5.97 Å². The number of carbonyl (C=O) groups is 1. The molecule has 3 aromatic carbocycles. The summed E-state index contributed by atoms with van der Waals surface area (Å²) in [6.07, 6.45) is 2.05. The van der Waals surface area contributed by atoms with E-state index in [0.29, 0.717) is 11.5 Å². The molecule has 3 aromatic rings. The molecule has 32 heavy (non-hydrogen) atoms. The van der Waals surface area contributed by atoms with Crippen LogP contribution in [0.4, 0.5) is 0 Å². The summed E-state index contributed by atoms with van der Waals surface area (Å²) < 4.78 is 5.28. The normalized spacial score (nSPS) is 10.9. The first-order valence-electron chi connectivity index (χ1n) is 10.1. The Bertz CT molecular complexity index is 1140. The summed E-state index contributed by atoms with van der Waals surface area (Å²) in [5, 5.41) is 17.9. The van der Waals surface area contributed by atoms with Gasteiger partial charge in [0.15, 0.2) is 6.61 Å². The van der Waals surface area contributed by atoms with Crippen LogP contribution in [0, 0.1) is 18.8 Å². The van der Waals surface area contributed by atoms with Gasteiger partial charge in [0.2, 0.25) is 0 Å². The number of rotatable bonds is 8. The highest BCUT2D eigenvalue weighted by atomic mass is 32.2. The molecule has 0 heterocycles. The van der Waals surface area contributed by atoms with Crippen LogP contribution in [0.3, 0.4) is 0 Å². The van der Waals surface area contributed by atoms with E-state index in [2.05, 4.69) is 42.2 Å². The van der Waals surface area contributed by atoms with Crippen molar-refractivity contribution in [2.75, 3.05) is 19.0 Å². The summed E-state index contributed by atoms with van der Waals surface area (Å²) in [6, 6.07) is 24.1. The van der Waals surface area contributed by atoms with Crippen LogP contribution in [0.25, 0.3) is 16.7 Å². The number of carboxylic acids is 1. The number of ether oxygens (including phenoxy) is 1. The van der Waals surface area contributed by atoms with Crippen molar-refractivity contribution in [1.29, 1.82) is 0 Å². The highest BCUT2D eigenvalue weighted by Crippen LogP contribution is 2.27. The minimum absolute atomic E-state index is 0.191. The molecule has 0 aromatic heterocycles. The van der Waals surface area contributed by atoms with E-state index in [4.69, 9.17) is 14.9 Å². The lowest BCUT2D eigenvalue weighted by Crippen LogP contribution is -2.09. The fourth-order valence-corrected chi connectivity index (χ4v) is 3.95. The van der Waals surface area contributed by atoms with Crippen LogP contribution in [0.1, 0.15) is 11.1 Å². The Hall–Kier alpha value is -3.46. The number of allylic oxidation sites excluding steroid dienone is 1. The van der Waals surface area contributed by atoms with Gasteiger partial charge in [0.05, 0.1) is 0 Å². The monoisotopic (exact) mass is 444 g/mol. The van der Waals surface area contributed by atoms with Gasteiger partial charge in [0, 0.05) is 16.2 Å². The Balaban J connectivity index is 1.71. The zero-order valence-electron chi connectivity index (χ0n) is 17.7. The fraction of sp³-hybridized carbons (Fsp3) is 0.148. The molecule has 0 aliphatic carbocycles. The van der Waals surface area contributed by atoms with Crippen LogP contribution < -0.4 is 4.74 Å². The Labute approximate surface area is 192 Å². The van der Waals surface area contributed by atoms with Gasteiger partial charge in [0.1, 0.15) is 12.4 Å². The predicted molar refractivity (Wildman–Crippen MR) is 130 cm³/mol. The maximum atomic E-state index is 10.7. The Kier molecular flexibility index (Phi) is 8.56. The Morgan fingerprint density at radius 1 is 1.03 bits per heavy atom. The molecule has 162 valence electrons. The van der Waals surface area contributed by atoms with Gasteiger partial charge in [-0.2, -0.15) is 0 Å². The number of aryl methyl sites for hydroxylation is 1. The van der Waals surface area contributed by atoms with Crippen LogP contribution >= 0.6 is 11.8 Å². The number of aliphatic hydroxyl groups is 1. The fourth-order valence-electron chi connectivity index (χ4n) is 3.08. The second-order valence-corrected chi connectivity index (χ2v) is 8.04. The largest absolute Gasteiger partial charge is 0.482 e. The average Bonchev–Trinajstić information content (AvgIpc) is 2.81. The molecular weight excluding hydrogens is 420 g/mol. The lowest BCUT2D eigenvalue weighted by molar-refractivity contribution is -0.139. The van der Waals surface area contributed by atoms with E-state index in [1.807, 2.05) is 49.4 Å². The van der Waals surface area contributed by atoms with Crippen molar-refractivity contribution >= 4 is 23.3 Å². The van der Waals surface area contributed by atoms with Gasteiger partial charge < -0.3 is 14.9 Å². The molecule has 0 aliphatic heterocycles. The second-order valence-electron chi connectivity index (χ2n) is 6.94. The van der Waals surface area contributed by atoms with Crippen molar-refractivity contribution in [3.63, 3.8) is 0 Å². The van der Waals surface area contributed by atoms with Gasteiger partial charge in [-0.25, -0.2) is 4.79 Å². The third-order valence-electron chi connectivity index (χ3n) is 4.64. The maximum Gasteiger partial charge on any atom is 0.341 e. The molecule has 0 saturated carbocycles. The summed E-state index contributed by atoms with van der Waals surface area (Å²) in [6.45, 7) is 1.35. The summed E-state index contributed by atoms with van der Waals surface area (Å²) >= 11 is 1.65. The topological polar surface area (TPSA) is 66.8 Å². The lowest BCUT2D eigenvalue weighted by Gasteiger charge is -2.09. The number of thioether (sulfide) groups is 1. The molecule has 3 rings (SSSR count). The van der Waals surface area contributed by atoms with Gasteiger partial charge in [-0.1, -0.05) is 72.5 Å². The van der Waals surface area contributed by atoms with Crippen molar-refractivity contribution in [2.24, 2.45) is 0 Å². The molecule has 2 N–H and O–H groups in total. The summed E-state index contributed by atoms with van der Waals surface area (Å²) in [5.74, 6) is 6.07. The molecule has 0 atom stereocenters. The zero-order valence-corrected chi connectivity index (χ0v) is 18.6. The molecule has 5 heteroatoms. The van der Waals surface area contributed by atoms with E-state index in [1.165, 1.54) is 0 Å². The van der Waals surface area contributed by atoms with Crippen molar-refractivity contribution in [3.05, 3.63) is 90.0 Å². The number of benzene rings is 3. The predicted octanol–water partition coefficient (Wildman–Crippen LogP) is 5.30. The SMILES string of the molecule is Cc1cc(SC/C=C(\C#CCO)c2ccc(-c3ccccc3)cc2)ccc1OCC(=O)O. The van der Waals surface area contributed by atoms with Gasteiger partial charge in [0.25, 0.3) is 0 Å². The minimum atomic E-state index is -0.999. The van der Waals surface area contributed by atoms with Crippen LogP contribution in [-0.2, 0) is 4.79 Å². The molecule has 4 nitrogen and oxygen atoms in total. The molecule has 0 spiro atoms. The van der Waals surface area contributed by atoms with E-state index in [9.17, 15) is 4.79 Å². The molecule has 0 radical (unpaired) electrons. The van der Waals surface area contributed by atoms with Gasteiger partial charge in [-0.3, -0.25) is 0 Å². The molecule has 0 bridgehead atoms. The van der Waals surface area contributed by atoms with Crippen LogP contribution in [0.15, 0.2) is 83.8 Å². The van der Waals surface area contributed by atoms with Crippen molar-refractivity contribution in [2.45, 2.75) is 11.8 Å². The highest BCUT2D eigenvalue weighted by molar-refractivity contribution is 7.99. The highest BCUT2D eigenvalue weighted by Gasteiger charge is 2.05. The molecule has 0 aliphatic rings. The van der Waals surface area contributed by atoms with E-state index >= 15 is 0 Å². The molecular formula is C27H24O4S. The van der Waals surface area contributed by atoms with Crippen molar-refractivity contribution in [3.8, 4) is 28.7 Å². The van der Waals surface area contributed by atoms with Crippen molar-refractivity contribution < 1.29 is 19.7 Å². The minimum Gasteiger partial charge on any atom is -0.482 e. The summed E-state index contributed by atoms with van der Waals surface area (Å²) in [7, 11) is 0. The maximum absolute atomic E-state index is 10.7. The molecule has 0 amide bonds. The zero-order chi connectivity index (χ0) is 22.8. The third kappa shape index (κ3) is 6.78. The smallest absolute Gasteiger partial charge is 0.341 e. The standard InChI is InChI=1S/C27H24O4S/c1-20-18-25(13-14-26(20)31-19-27(29)30)32-17-15-22(8-5-16-28)24-11-9-23(10-12-24)21-6-3-2-4-7-21/h2-4,6-7,9-15,18,28H,16-17,19H2,1H3,(H,29,30)/b22-15+. The van der Waals surface area contributed by atoms with Gasteiger partial charge in [-0.05, 0) is 47.4 Å². The van der Waals surface area contributed by atoms with Crippen LogP contribution in [0.5, 0.6) is 5.75 Å². The number of carboxylic acid groups (broad SMARTS) is 1.